The van der Waals surface area contributed by atoms with E-state index in [-0.39, 0.29) is 0 Å². The number of anilines is 1. The molecule has 2 N–H and O–H groups in total. The lowest BCUT2D eigenvalue weighted by Gasteiger charge is -2.32. The smallest absolute Gasteiger partial charge is 0.201 e. The van der Waals surface area contributed by atoms with E-state index in [1.165, 1.54) is 13.1 Å². The fourth-order valence-electron chi connectivity index (χ4n) is 2.44. The van der Waals surface area contributed by atoms with Crippen LogP contribution < -0.4 is 5.32 Å². The molecule has 5 nitrogen and oxygen atoms in total. The fourth-order valence-corrected chi connectivity index (χ4v) is 2.44. The Morgan fingerprint density at radius 1 is 1.21 bits per heavy atom. The van der Waals surface area contributed by atoms with Crippen molar-refractivity contribution in [1.82, 2.24) is 19.8 Å². The lowest BCUT2D eigenvalue weighted by atomic mass is 10.3. The largest absolute Gasteiger partial charge is 0.355 e. The van der Waals surface area contributed by atoms with Crippen molar-refractivity contribution in [3.63, 3.8) is 0 Å². The molecule has 1 aliphatic rings. The predicted molar refractivity (Wildman–Crippen MR) is 78.5 cm³/mol. The number of aromatic nitrogens is 2. The maximum Gasteiger partial charge on any atom is 0.201 e. The summed E-state index contributed by atoms with van der Waals surface area (Å²) in [6.45, 7) is 6.68. The van der Waals surface area contributed by atoms with Crippen molar-refractivity contribution in [2.75, 3.05) is 51.6 Å². The van der Waals surface area contributed by atoms with Crippen LogP contribution in [0.3, 0.4) is 0 Å². The van der Waals surface area contributed by atoms with Gasteiger partial charge < -0.3 is 15.2 Å². The van der Waals surface area contributed by atoms with Crippen molar-refractivity contribution >= 4 is 17.0 Å². The van der Waals surface area contributed by atoms with Crippen LogP contribution in [-0.4, -0.2) is 66.1 Å². The molecule has 0 unspecified atom stereocenters. The number of benzene rings is 1. The van der Waals surface area contributed by atoms with E-state index in [4.69, 9.17) is 0 Å². The summed E-state index contributed by atoms with van der Waals surface area (Å²) in [7, 11) is 2.18. The second kappa shape index (κ2) is 5.59. The summed E-state index contributed by atoms with van der Waals surface area (Å²) in [5.74, 6) is 0.871. The Labute approximate surface area is 113 Å². The van der Waals surface area contributed by atoms with E-state index in [9.17, 15) is 0 Å². The number of para-hydroxylation sites is 2. The third-order valence-electron chi connectivity index (χ3n) is 3.71. The van der Waals surface area contributed by atoms with Gasteiger partial charge >= 0.3 is 0 Å². The van der Waals surface area contributed by atoms with E-state index in [1.807, 2.05) is 24.3 Å². The fraction of sp³-hybridized carbons (Fsp3) is 0.500. The van der Waals surface area contributed by atoms with Crippen LogP contribution in [0.1, 0.15) is 0 Å². The van der Waals surface area contributed by atoms with Gasteiger partial charge in [-0.25, -0.2) is 4.98 Å². The molecule has 0 aliphatic carbocycles. The van der Waals surface area contributed by atoms with Crippen LogP contribution in [-0.2, 0) is 0 Å². The summed E-state index contributed by atoms with van der Waals surface area (Å²) in [4.78, 5) is 12.7. The molecular weight excluding hydrogens is 238 g/mol. The number of aromatic amines is 1. The highest BCUT2D eigenvalue weighted by atomic mass is 15.3. The highest BCUT2D eigenvalue weighted by molar-refractivity contribution is 5.77. The molecule has 102 valence electrons. The van der Waals surface area contributed by atoms with Gasteiger partial charge in [-0.05, 0) is 19.2 Å². The molecule has 0 spiro atoms. The average Bonchev–Trinajstić information content (AvgIpc) is 2.83. The SMILES string of the molecule is CN1CCN(CCNc2nc3ccccc3[nH]2)CC1. The van der Waals surface area contributed by atoms with Crippen molar-refractivity contribution in [2.24, 2.45) is 0 Å². The van der Waals surface area contributed by atoms with Crippen molar-refractivity contribution < 1.29 is 0 Å². The molecule has 19 heavy (non-hydrogen) atoms. The second-order valence-electron chi connectivity index (χ2n) is 5.17. The Balaban J connectivity index is 1.49. The summed E-state index contributed by atoms with van der Waals surface area (Å²) in [6.07, 6.45) is 0. The molecule has 0 atom stereocenters. The molecule has 1 saturated heterocycles. The average molecular weight is 259 g/mol. The minimum absolute atomic E-state index is 0.871. The van der Waals surface area contributed by atoms with Crippen molar-refractivity contribution in [2.45, 2.75) is 0 Å². The molecule has 0 saturated carbocycles. The lowest BCUT2D eigenvalue weighted by molar-refractivity contribution is 0.158. The van der Waals surface area contributed by atoms with Crippen LogP contribution in [0.15, 0.2) is 24.3 Å². The molecule has 0 amide bonds. The number of hydrogen-bond donors (Lipinski definition) is 2. The van der Waals surface area contributed by atoms with Gasteiger partial charge in [-0.15, -0.1) is 0 Å². The van der Waals surface area contributed by atoms with Crippen LogP contribution in [0.5, 0.6) is 0 Å². The molecule has 1 aliphatic heterocycles. The van der Waals surface area contributed by atoms with E-state index >= 15 is 0 Å². The summed E-state index contributed by atoms with van der Waals surface area (Å²) in [5, 5.41) is 3.37. The maximum absolute atomic E-state index is 4.51. The van der Waals surface area contributed by atoms with Gasteiger partial charge in [0.25, 0.3) is 0 Å². The number of rotatable bonds is 4. The molecular formula is C14H21N5. The Bertz CT molecular complexity index is 494. The van der Waals surface area contributed by atoms with Crippen molar-refractivity contribution in [1.29, 1.82) is 0 Å². The van der Waals surface area contributed by atoms with E-state index in [0.717, 1.165) is 43.2 Å². The van der Waals surface area contributed by atoms with Gasteiger partial charge in [0.1, 0.15) is 0 Å². The molecule has 3 rings (SSSR count). The van der Waals surface area contributed by atoms with E-state index in [1.54, 1.807) is 0 Å². The van der Waals surface area contributed by atoms with Gasteiger partial charge in [0.05, 0.1) is 11.0 Å². The summed E-state index contributed by atoms with van der Waals surface area (Å²) in [5.41, 5.74) is 2.11. The Morgan fingerprint density at radius 2 is 2.00 bits per heavy atom. The van der Waals surface area contributed by atoms with Crippen LogP contribution in [0.2, 0.25) is 0 Å². The number of H-pyrrole nitrogens is 1. The van der Waals surface area contributed by atoms with Crippen molar-refractivity contribution in [3.05, 3.63) is 24.3 Å². The molecule has 1 fully saturated rings. The zero-order valence-corrected chi connectivity index (χ0v) is 11.4. The minimum atomic E-state index is 0.871. The third kappa shape index (κ3) is 3.05. The highest BCUT2D eigenvalue weighted by Crippen LogP contribution is 2.12. The number of nitrogens with one attached hydrogen (secondary N) is 2. The minimum Gasteiger partial charge on any atom is -0.355 e. The quantitative estimate of drug-likeness (QED) is 0.867. The van der Waals surface area contributed by atoms with Gasteiger partial charge in [-0.2, -0.15) is 0 Å². The Hall–Kier alpha value is -1.59. The molecule has 2 aromatic rings. The van der Waals surface area contributed by atoms with Gasteiger partial charge in [0.15, 0.2) is 0 Å². The molecule has 5 heteroatoms. The van der Waals surface area contributed by atoms with Crippen molar-refractivity contribution in [3.8, 4) is 0 Å². The summed E-state index contributed by atoms with van der Waals surface area (Å²) < 4.78 is 0. The van der Waals surface area contributed by atoms with Crippen LogP contribution in [0.25, 0.3) is 11.0 Å². The first-order valence-corrected chi connectivity index (χ1v) is 6.91. The standard InChI is InChI=1S/C14H21N5/c1-18-8-10-19(11-9-18)7-6-15-14-16-12-4-2-3-5-13(12)17-14/h2-5H,6-11H2,1H3,(H2,15,16,17). The van der Waals surface area contributed by atoms with Gasteiger partial charge in [0.2, 0.25) is 5.95 Å². The molecule has 0 radical (unpaired) electrons. The summed E-state index contributed by atoms with van der Waals surface area (Å²) in [6, 6.07) is 8.11. The highest BCUT2D eigenvalue weighted by Gasteiger charge is 2.12. The normalized spacial score (nSPS) is 17.9. The first kappa shape index (κ1) is 12.4. The van der Waals surface area contributed by atoms with E-state index in [2.05, 4.69) is 32.1 Å². The molecule has 1 aromatic carbocycles. The lowest BCUT2D eigenvalue weighted by Crippen LogP contribution is -2.45. The van der Waals surface area contributed by atoms with E-state index < -0.39 is 0 Å². The number of likely N-dealkylation sites (N-methyl/N-ethyl adjacent to an activating group) is 1. The topological polar surface area (TPSA) is 47.2 Å². The Kier molecular flexibility index (Phi) is 3.66. The van der Waals surface area contributed by atoms with E-state index in [0.29, 0.717) is 0 Å². The predicted octanol–water partition coefficient (Wildman–Crippen LogP) is 1.22. The summed E-state index contributed by atoms with van der Waals surface area (Å²) >= 11 is 0. The second-order valence-corrected chi connectivity index (χ2v) is 5.17. The van der Waals surface area contributed by atoms with Crippen LogP contribution in [0, 0.1) is 0 Å². The monoisotopic (exact) mass is 259 g/mol. The molecule has 2 heterocycles. The number of piperazine rings is 1. The maximum atomic E-state index is 4.51. The Morgan fingerprint density at radius 3 is 2.79 bits per heavy atom. The van der Waals surface area contributed by atoms with Crippen LogP contribution in [0.4, 0.5) is 5.95 Å². The van der Waals surface area contributed by atoms with Crippen LogP contribution >= 0.6 is 0 Å². The zero-order valence-electron chi connectivity index (χ0n) is 11.4. The number of fused-ring (bicyclic) bond motifs is 1. The number of hydrogen-bond acceptors (Lipinski definition) is 4. The molecule has 0 bridgehead atoms. The molecule has 1 aromatic heterocycles. The number of imidazole rings is 1. The van der Waals surface area contributed by atoms with Gasteiger partial charge in [-0.1, -0.05) is 12.1 Å². The first-order chi connectivity index (χ1) is 9.31. The first-order valence-electron chi connectivity index (χ1n) is 6.91. The van der Waals surface area contributed by atoms with Gasteiger partial charge in [0, 0.05) is 39.3 Å². The zero-order chi connectivity index (χ0) is 13.1. The third-order valence-corrected chi connectivity index (χ3v) is 3.71. The van der Waals surface area contributed by atoms with Gasteiger partial charge in [-0.3, -0.25) is 4.90 Å². The number of nitrogens with zero attached hydrogens (tertiary/aromatic N) is 3.